The summed E-state index contributed by atoms with van der Waals surface area (Å²) in [5.41, 5.74) is 0.153. The summed E-state index contributed by atoms with van der Waals surface area (Å²) < 4.78 is 0. The molecule has 3 nitrogen and oxygen atoms in total. The molecule has 0 unspecified atom stereocenters. The minimum Gasteiger partial charge on any atom is -0.507 e. The van der Waals surface area contributed by atoms with Crippen LogP contribution in [-0.2, 0) is 0 Å². The Balaban J connectivity index is 2.80. The number of phenols is 1. The summed E-state index contributed by atoms with van der Waals surface area (Å²) in [4.78, 5) is 11.5. The lowest BCUT2D eigenvalue weighted by Crippen LogP contribution is -2.23. The van der Waals surface area contributed by atoms with Gasteiger partial charge in [0, 0.05) is 5.02 Å². The number of benzene rings is 1. The molecule has 0 fully saturated rings. The van der Waals surface area contributed by atoms with Crippen LogP contribution in [0.25, 0.3) is 0 Å². The molecule has 0 aromatic heterocycles. The molecule has 0 bridgehead atoms. The van der Waals surface area contributed by atoms with Crippen molar-refractivity contribution in [3.8, 4) is 17.6 Å². The van der Waals surface area contributed by atoms with Gasteiger partial charge in [0.15, 0.2) is 0 Å². The van der Waals surface area contributed by atoms with Crippen LogP contribution in [0, 0.1) is 11.8 Å². The van der Waals surface area contributed by atoms with Gasteiger partial charge in [0.2, 0.25) is 0 Å². The average Bonchev–Trinajstić information content (AvgIpc) is 2.22. The molecule has 0 heterocycles. The molecule has 1 amide bonds. The van der Waals surface area contributed by atoms with E-state index in [9.17, 15) is 9.90 Å². The number of halogens is 1. The van der Waals surface area contributed by atoms with Gasteiger partial charge in [-0.05, 0) is 25.1 Å². The number of hydrogen-bond donors (Lipinski definition) is 2. The maximum Gasteiger partial charge on any atom is 0.255 e. The number of amides is 1. The van der Waals surface area contributed by atoms with Gasteiger partial charge in [0.05, 0.1) is 12.1 Å². The second-order valence-corrected chi connectivity index (χ2v) is 3.21. The van der Waals surface area contributed by atoms with Crippen molar-refractivity contribution >= 4 is 17.5 Å². The van der Waals surface area contributed by atoms with Crippen LogP contribution in [0.1, 0.15) is 17.3 Å². The fraction of sp³-hybridized carbons (Fsp3) is 0.182. The Morgan fingerprint density at radius 1 is 1.60 bits per heavy atom. The van der Waals surface area contributed by atoms with E-state index < -0.39 is 5.91 Å². The molecule has 0 aliphatic rings. The third kappa shape index (κ3) is 3.19. The van der Waals surface area contributed by atoms with Gasteiger partial charge >= 0.3 is 0 Å². The van der Waals surface area contributed by atoms with Crippen LogP contribution in [0.4, 0.5) is 0 Å². The number of hydrogen-bond acceptors (Lipinski definition) is 2. The van der Waals surface area contributed by atoms with Gasteiger partial charge in [-0.25, -0.2) is 0 Å². The van der Waals surface area contributed by atoms with Crippen LogP contribution in [0.15, 0.2) is 18.2 Å². The average molecular weight is 224 g/mol. The first-order valence-corrected chi connectivity index (χ1v) is 4.69. The van der Waals surface area contributed by atoms with Crippen LogP contribution < -0.4 is 5.32 Å². The molecule has 0 saturated carbocycles. The topological polar surface area (TPSA) is 49.3 Å². The molecule has 0 radical (unpaired) electrons. The monoisotopic (exact) mass is 223 g/mol. The summed E-state index contributed by atoms with van der Waals surface area (Å²) in [5, 5.41) is 12.3. The molecule has 1 aromatic rings. The smallest absolute Gasteiger partial charge is 0.255 e. The Morgan fingerprint density at radius 3 is 3.00 bits per heavy atom. The van der Waals surface area contributed by atoms with E-state index in [-0.39, 0.29) is 17.9 Å². The molecular weight excluding hydrogens is 214 g/mol. The van der Waals surface area contributed by atoms with Gasteiger partial charge in [0.1, 0.15) is 5.75 Å². The van der Waals surface area contributed by atoms with Crippen molar-refractivity contribution in [3.05, 3.63) is 28.8 Å². The third-order valence-electron chi connectivity index (χ3n) is 1.72. The summed E-state index contributed by atoms with van der Waals surface area (Å²) in [6, 6.07) is 4.30. The summed E-state index contributed by atoms with van der Waals surface area (Å²) in [5.74, 6) is 4.85. The number of rotatable bonds is 2. The van der Waals surface area contributed by atoms with E-state index >= 15 is 0 Å². The van der Waals surface area contributed by atoms with E-state index in [1.165, 1.54) is 18.2 Å². The van der Waals surface area contributed by atoms with Crippen molar-refractivity contribution in [2.24, 2.45) is 0 Å². The molecule has 2 N–H and O–H groups in total. The molecule has 0 atom stereocenters. The minimum atomic E-state index is -0.391. The van der Waals surface area contributed by atoms with E-state index in [2.05, 4.69) is 17.2 Å². The summed E-state index contributed by atoms with van der Waals surface area (Å²) >= 11 is 5.70. The number of phenolic OH excluding ortho intramolecular Hbond substituents is 1. The van der Waals surface area contributed by atoms with Gasteiger partial charge in [-0.15, -0.1) is 5.92 Å². The Labute approximate surface area is 93.1 Å². The lowest BCUT2D eigenvalue weighted by molar-refractivity contribution is 0.0956. The zero-order valence-corrected chi connectivity index (χ0v) is 8.93. The van der Waals surface area contributed by atoms with Crippen LogP contribution in [0.2, 0.25) is 5.02 Å². The van der Waals surface area contributed by atoms with Crippen molar-refractivity contribution in [2.75, 3.05) is 6.54 Å². The Hall–Kier alpha value is -1.66. The molecule has 0 aliphatic carbocycles. The SMILES string of the molecule is CC#CCNC(=O)c1cc(Cl)ccc1O. The summed E-state index contributed by atoms with van der Waals surface area (Å²) in [6.07, 6.45) is 0. The van der Waals surface area contributed by atoms with Gasteiger partial charge < -0.3 is 10.4 Å². The largest absolute Gasteiger partial charge is 0.507 e. The first-order chi connectivity index (χ1) is 7.15. The van der Waals surface area contributed by atoms with Crippen molar-refractivity contribution in [2.45, 2.75) is 6.92 Å². The Bertz CT molecular complexity index is 432. The fourth-order valence-corrected chi connectivity index (χ4v) is 1.17. The second kappa shape index (κ2) is 5.28. The highest BCUT2D eigenvalue weighted by Crippen LogP contribution is 2.20. The molecule has 0 aliphatic heterocycles. The van der Waals surface area contributed by atoms with E-state index in [4.69, 9.17) is 11.6 Å². The van der Waals surface area contributed by atoms with Crippen molar-refractivity contribution in [1.82, 2.24) is 5.32 Å². The third-order valence-corrected chi connectivity index (χ3v) is 1.95. The van der Waals surface area contributed by atoms with Gasteiger partial charge in [-0.3, -0.25) is 4.79 Å². The number of carbonyl (C=O) groups excluding carboxylic acids is 1. The van der Waals surface area contributed by atoms with E-state index in [0.717, 1.165) is 0 Å². The maximum atomic E-state index is 11.5. The Kier molecular flexibility index (Phi) is 4.02. The van der Waals surface area contributed by atoms with E-state index in [1.807, 2.05) is 0 Å². The zero-order chi connectivity index (χ0) is 11.3. The highest BCUT2D eigenvalue weighted by atomic mass is 35.5. The molecule has 0 saturated heterocycles. The first kappa shape index (κ1) is 11.4. The highest BCUT2D eigenvalue weighted by molar-refractivity contribution is 6.31. The van der Waals surface area contributed by atoms with Crippen LogP contribution in [0.3, 0.4) is 0 Å². The maximum absolute atomic E-state index is 11.5. The summed E-state index contributed by atoms with van der Waals surface area (Å²) in [6.45, 7) is 1.93. The van der Waals surface area contributed by atoms with Crippen molar-refractivity contribution in [1.29, 1.82) is 0 Å². The fourth-order valence-electron chi connectivity index (χ4n) is 0.998. The minimum absolute atomic E-state index is 0.0960. The molecular formula is C11H10ClNO2. The van der Waals surface area contributed by atoms with Gasteiger partial charge in [-0.2, -0.15) is 0 Å². The summed E-state index contributed by atoms with van der Waals surface area (Å²) in [7, 11) is 0. The quantitative estimate of drug-likeness (QED) is 0.752. The second-order valence-electron chi connectivity index (χ2n) is 2.77. The molecule has 1 aromatic carbocycles. The van der Waals surface area contributed by atoms with Crippen LogP contribution in [-0.4, -0.2) is 17.6 Å². The number of nitrogens with one attached hydrogen (secondary N) is 1. The number of carbonyl (C=O) groups is 1. The molecule has 1 rings (SSSR count). The molecule has 15 heavy (non-hydrogen) atoms. The van der Waals surface area contributed by atoms with Crippen molar-refractivity contribution < 1.29 is 9.90 Å². The molecule has 78 valence electrons. The lowest BCUT2D eigenvalue weighted by atomic mass is 10.2. The van der Waals surface area contributed by atoms with E-state index in [0.29, 0.717) is 5.02 Å². The highest BCUT2D eigenvalue weighted by Gasteiger charge is 2.10. The van der Waals surface area contributed by atoms with Crippen molar-refractivity contribution in [3.63, 3.8) is 0 Å². The number of aromatic hydroxyl groups is 1. The first-order valence-electron chi connectivity index (χ1n) is 4.31. The van der Waals surface area contributed by atoms with Crippen LogP contribution in [0.5, 0.6) is 5.75 Å². The lowest BCUT2D eigenvalue weighted by Gasteiger charge is -2.04. The molecule has 0 spiro atoms. The molecule has 4 heteroatoms. The van der Waals surface area contributed by atoms with Crippen LogP contribution >= 0.6 is 11.6 Å². The normalized spacial score (nSPS) is 8.93. The predicted octanol–water partition coefficient (Wildman–Crippen LogP) is 1.80. The van der Waals surface area contributed by atoms with Gasteiger partial charge in [-0.1, -0.05) is 17.5 Å². The zero-order valence-electron chi connectivity index (χ0n) is 8.17. The Morgan fingerprint density at radius 2 is 2.33 bits per heavy atom. The van der Waals surface area contributed by atoms with Gasteiger partial charge in [0.25, 0.3) is 5.91 Å². The van der Waals surface area contributed by atoms with E-state index in [1.54, 1.807) is 6.92 Å². The predicted molar refractivity (Wildman–Crippen MR) is 58.9 cm³/mol. The standard InChI is InChI=1S/C11H10ClNO2/c1-2-3-6-13-11(15)9-7-8(12)4-5-10(9)14/h4-5,7,14H,6H2,1H3,(H,13,15).